The molecule has 3 aliphatic carbocycles. The number of hydrogen-bond acceptors (Lipinski definition) is 7. The summed E-state index contributed by atoms with van der Waals surface area (Å²) in [6.45, 7) is 10.8. The van der Waals surface area contributed by atoms with Gasteiger partial charge in [-0.15, -0.1) is 0 Å². The Labute approximate surface area is 233 Å². The molecule has 4 fully saturated rings. The monoisotopic (exact) mass is 557 g/mol. The molecule has 0 unspecified atom stereocenters. The summed E-state index contributed by atoms with van der Waals surface area (Å²) in [6.07, 6.45) is 2.88. The first-order chi connectivity index (χ1) is 18.4. The maximum absolute atomic E-state index is 15.0. The number of carbonyl (C=O) groups is 2. The first kappa shape index (κ1) is 27.4. The molecule has 2 heterocycles. The second-order valence-electron chi connectivity index (χ2n) is 11.8. The van der Waals surface area contributed by atoms with Crippen LogP contribution in [0.3, 0.4) is 0 Å². The molecule has 2 bridgehead atoms. The number of amides is 2. The summed E-state index contributed by atoms with van der Waals surface area (Å²) in [5.74, 6) is 0.119. The molecular weight excluding hydrogens is 521 g/mol. The van der Waals surface area contributed by atoms with Gasteiger partial charge in [-0.1, -0.05) is 25.4 Å². The topological polar surface area (TPSA) is 102 Å². The number of halogens is 2. The normalized spacial score (nSPS) is 27.4. The zero-order chi connectivity index (χ0) is 28.1. The van der Waals surface area contributed by atoms with Gasteiger partial charge in [-0.25, -0.2) is 9.37 Å². The number of nitrogens with one attached hydrogen (secondary N) is 3. The van der Waals surface area contributed by atoms with E-state index < -0.39 is 11.4 Å². The van der Waals surface area contributed by atoms with E-state index in [2.05, 4.69) is 44.7 Å². The van der Waals surface area contributed by atoms with E-state index in [1.165, 1.54) is 0 Å². The van der Waals surface area contributed by atoms with Gasteiger partial charge >= 0.3 is 0 Å². The average Bonchev–Trinajstić information content (AvgIpc) is 2.90. The number of anilines is 4. The van der Waals surface area contributed by atoms with Gasteiger partial charge in [-0.2, -0.15) is 4.98 Å². The number of hydrogen-bond donors (Lipinski definition) is 3. The van der Waals surface area contributed by atoms with Crippen molar-refractivity contribution in [1.82, 2.24) is 20.2 Å². The third-order valence-corrected chi connectivity index (χ3v) is 9.71. The van der Waals surface area contributed by atoms with Crippen LogP contribution in [-0.2, 0) is 9.59 Å². The van der Waals surface area contributed by atoms with Crippen LogP contribution < -0.4 is 20.9 Å². The molecule has 4 aliphatic rings. The van der Waals surface area contributed by atoms with Gasteiger partial charge in [-0.05, 0) is 55.2 Å². The molecule has 210 valence electrons. The van der Waals surface area contributed by atoms with Crippen LogP contribution in [0.5, 0.6) is 0 Å². The number of nitrogens with zero attached hydrogens (tertiary/aromatic N) is 4. The summed E-state index contributed by atoms with van der Waals surface area (Å²) in [7, 11) is 1.64. The summed E-state index contributed by atoms with van der Waals surface area (Å²) >= 11 is 6.62. The highest BCUT2D eigenvalue weighted by atomic mass is 35.5. The summed E-state index contributed by atoms with van der Waals surface area (Å²) in [5.41, 5.74) is 0.939. The smallest absolute Gasteiger partial charge is 0.229 e. The van der Waals surface area contributed by atoms with Gasteiger partial charge in [0, 0.05) is 45.8 Å². The van der Waals surface area contributed by atoms with Crippen LogP contribution in [0.1, 0.15) is 40.5 Å². The zero-order valence-corrected chi connectivity index (χ0v) is 23.9. The molecule has 9 nitrogen and oxygen atoms in total. The number of fused-ring (bicyclic) bond motifs is 2. The highest BCUT2D eigenvalue weighted by molar-refractivity contribution is 6.33. The van der Waals surface area contributed by atoms with E-state index in [0.717, 1.165) is 24.7 Å². The van der Waals surface area contributed by atoms with Crippen molar-refractivity contribution < 1.29 is 14.0 Å². The lowest BCUT2D eigenvalue weighted by Crippen LogP contribution is -2.69. The number of piperazine rings is 1. The van der Waals surface area contributed by atoms with Crippen LogP contribution >= 0.6 is 11.6 Å². The molecule has 1 aromatic heterocycles. The van der Waals surface area contributed by atoms with Gasteiger partial charge in [-0.3, -0.25) is 9.59 Å². The molecule has 2 aromatic rings. The van der Waals surface area contributed by atoms with Crippen LogP contribution in [-0.4, -0.2) is 65.4 Å². The van der Waals surface area contributed by atoms with E-state index in [4.69, 9.17) is 11.6 Å². The third kappa shape index (κ3) is 4.88. The minimum absolute atomic E-state index is 0.0412. The predicted octanol–water partition coefficient (Wildman–Crippen LogP) is 4.28. The van der Waals surface area contributed by atoms with E-state index in [1.54, 1.807) is 20.0 Å². The van der Waals surface area contributed by atoms with Crippen molar-refractivity contribution in [2.75, 3.05) is 48.8 Å². The molecule has 3 saturated carbocycles. The van der Waals surface area contributed by atoms with E-state index in [-0.39, 0.29) is 40.8 Å². The Morgan fingerprint density at radius 2 is 1.85 bits per heavy atom. The first-order valence-corrected chi connectivity index (χ1v) is 13.9. The van der Waals surface area contributed by atoms with E-state index in [1.807, 2.05) is 24.0 Å². The van der Waals surface area contributed by atoms with Crippen molar-refractivity contribution in [2.24, 2.45) is 23.2 Å². The number of carbonyl (C=O) groups excluding carboxylic acids is 2. The van der Waals surface area contributed by atoms with Gasteiger partial charge < -0.3 is 25.8 Å². The van der Waals surface area contributed by atoms with E-state index in [9.17, 15) is 9.59 Å². The fraction of sp³-hybridized carbons (Fsp3) is 0.571. The lowest BCUT2D eigenvalue weighted by Gasteiger charge is -2.66. The Morgan fingerprint density at radius 1 is 1.13 bits per heavy atom. The summed E-state index contributed by atoms with van der Waals surface area (Å²) in [4.78, 5) is 37.0. The maximum atomic E-state index is 15.0. The summed E-state index contributed by atoms with van der Waals surface area (Å²) in [5, 5.41) is 9.83. The Bertz CT molecular complexity index is 1280. The van der Waals surface area contributed by atoms with Crippen LogP contribution in [0.2, 0.25) is 5.02 Å². The Morgan fingerprint density at radius 3 is 2.46 bits per heavy atom. The molecule has 2 amide bonds. The lowest BCUT2D eigenvalue weighted by atomic mass is 9.40. The SMILES string of the molecule is CNC(=O)[C@H]1C[C@@H]2C[C@H](C2(C)C)[C@@]1(C)Nc1nc(Nc2ccc(N3CCN(C(C)=O)CC3)c(Cl)c2)ncc1F. The largest absolute Gasteiger partial charge is 0.367 e. The van der Waals surface area contributed by atoms with Crippen molar-refractivity contribution in [1.29, 1.82) is 0 Å². The Hall–Kier alpha value is -3.14. The van der Waals surface area contributed by atoms with Crippen LogP contribution in [0.25, 0.3) is 0 Å². The zero-order valence-electron chi connectivity index (χ0n) is 23.1. The van der Waals surface area contributed by atoms with Crippen LogP contribution in [0.4, 0.5) is 27.5 Å². The molecule has 1 aliphatic heterocycles. The molecule has 0 spiro atoms. The minimum Gasteiger partial charge on any atom is -0.367 e. The second-order valence-corrected chi connectivity index (χ2v) is 12.2. The molecule has 1 saturated heterocycles. The molecule has 1 aromatic carbocycles. The minimum atomic E-state index is -0.665. The Balaban J connectivity index is 1.33. The fourth-order valence-electron chi connectivity index (χ4n) is 6.94. The molecule has 0 radical (unpaired) electrons. The molecular formula is C28H37ClFN7O2. The fourth-order valence-corrected chi connectivity index (χ4v) is 7.24. The maximum Gasteiger partial charge on any atom is 0.229 e. The molecule has 4 atom stereocenters. The van der Waals surface area contributed by atoms with Gasteiger partial charge in [0.15, 0.2) is 11.6 Å². The Kier molecular flexibility index (Phi) is 7.11. The van der Waals surface area contributed by atoms with Gasteiger partial charge in [0.2, 0.25) is 17.8 Å². The third-order valence-electron chi connectivity index (χ3n) is 9.40. The van der Waals surface area contributed by atoms with Crippen molar-refractivity contribution in [3.8, 4) is 0 Å². The number of benzene rings is 1. The molecule has 39 heavy (non-hydrogen) atoms. The number of rotatable bonds is 6. The van der Waals surface area contributed by atoms with Crippen molar-refractivity contribution >= 4 is 46.6 Å². The van der Waals surface area contributed by atoms with Gasteiger partial charge in [0.25, 0.3) is 0 Å². The first-order valence-electron chi connectivity index (χ1n) is 13.5. The van der Waals surface area contributed by atoms with Crippen LogP contribution in [0.15, 0.2) is 24.4 Å². The molecule has 6 rings (SSSR count). The standard InChI is InChI=1S/C28H37ClFN7O2/c1-16(38)36-8-10-37(11-9-36)22-7-6-18(14-20(22)29)33-26-32-15-21(30)24(34-26)35-28(4)19(25(39)31-5)12-17-13-23(28)27(17,2)3/h6-7,14-15,17,19,23H,8-13H2,1-5H3,(H,31,39)(H2,32,33,34,35)/t17-,19-,23-,28+/m1/s1. The molecule has 11 heteroatoms. The average molecular weight is 558 g/mol. The van der Waals surface area contributed by atoms with Crippen molar-refractivity contribution in [3.05, 3.63) is 35.2 Å². The predicted molar refractivity (Wildman–Crippen MR) is 151 cm³/mol. The van der Waals surface area contributed by atoms with E-state index in [0.29, 0.717) is 42.8 Å². The summed E-state index contributed by atoms with van der Waals surface area (Å²) in [6, 6.07) is 5.58. The van der Waals surface area contributed by atoms with Crippen molar-refractivity contribution in [3.63, 3.8) is 0 Å². The molecule has 3 N–H and O–H groups in total. The lowest BCUT2D eigenvalue weighted by molar-refractivity contribution is -0.155. The highest BCUT2D eigenvalue weighted by Gasteiger charge is 2.64. The highest BCUT2D eigenvalue weighted by Crippen LogP contribution is 2.65. The van der Waals surface area contributed by atoms with E-state index >= 15 is 4.39 Å². The summed E-state index contributed by atoms with van der Waals surface area (Å²) < 4.78 is 15.0. The van der Waals surface area contributed by atoms with Crippen molar-refractivity contribution in [2.45, 2.75) is 46.1 Å². The number of aromatic nitrogens is 2. The second kappa shape index (κ2) is 10.1. The quantitative estimate of drug-likeness (QED) is 0.487. The van der Waals surface area contributed by atoms with Gasteiger partial charge in [0.05, 0.1) is 28.4 Å². The van der Waals surface area contributed by atoms with Crippen LogP contribution in [0, 0.1) is 29.0 Å². The van der Waals surface area contributed by atoms with Gasteiger partial charge in [0.1, 0.15) is 0 Å².